The summed E-state index contributed by atoms with van der Waals surface area (Å²) < 4.78 is 95.6. The molecular weight excluding hydrogens is 1110 g/mol. The van der Waals surface area contributed by atoms with E-state index in [-0.39, 0.29) is 70.9 Å². The molecule has 32 heteroatoms. The number of hydrogen-bond donors (Lipinski definition) is 0. The van der Waals surface area contributed by atoms with Crippen molar-refractivity contribution in [2.45, 2.75) is 18.3 Å². The Morgan fingerprint density at radius 2 is 0.771 bits per heavy atom. The summed E-state index contributed by atoms with van der Waals surface area (Å²) in [6.45, 7) is -2.36. The number of phosphoric acid groups is 1. The second kappa shape index (κ2) is 22.2. The van der Waals surface area contributed by atoms with E-state index in [4.69, 9.17) is 27.8 Å². The number of anilines is 3. The molecule has 3 aliphatic heterocycles. The van der Waals surface area contributed by atoms with Crippen LogP contribution >= 0.6 is 7.82 Å². The van der Waals surface area contributed by atoms with E-state index < -0.39 is 81.7 Å². The van der Waals surface area contributed by atoms with Crippen molar-refractivity contribution >= 4 is 43.2 Å². The highest BCUT2D eigenvalue weighted by Crippen LogP contribution is 2.51. The quantitative estimate of drug-likeness (QED) is 0.0663. The number of tetrazole rings is 3. The molecule has 3 saturated heterocycles. The van der Waals surface area contributed by atoms with Gasteiger partial charge in [-0.1, -0.05) is 18.2 Å². The molecular formula is C51H42F3N18O10P. The lowest BCUT2D eigenvalue weighted by atomic mass is 10.1. The molecule has 0 N–H and O–H groups in total. The number of phosphoric ester groups is 1. The Morgan fingerprint density at radius 1 is 0.470 bits per heavy atom. The maximum absolute atomic E-state index is 15.7. The summed E-state index contributed by atoms with van der Waals surface area (Å²) in [6.07, 6.45) is -1.59. The summed E-state index contributed by atoms with van der Waals surface area (Å²) in [7, 11) is 0.0427. The Labute approximate surface area is 465 Å². The Balaban J connectivity index is 0.712. The van der Waals surface area contributed by atoms with Crippen molar-refractivity contribution in [3.63, 3.8) is 0 Å². The van der Waals surface area contributed by atoms with Crippen LogP contribution in [0.15, 0.2) is 110 Å². The van der Waals surface area contributed by atoms with Crippen LogP contribution in [0.3, 0.4) is 0 Å². The van der Waals surface area contributed by atoms with Crippen molar-refractivity contribution in [2.75, 3.05) is 54.2 Å². The van der Waals surface area contributed by atoms with Gasteiger partial charge in [-0.3, -0.25) is 43.2 Å². The predicted molar refractivity (Wildman–Crippen MR) is 281 cm³/mol. The van der Waals surface area contributed by atoms with Gasteiger partial charge in [-0.15, -0.1) is 30.6 Å². The largest absolute Gasteiger partial charge is 0.475 e. The van der Waals surface area contributed by atoms with Gasteiger partial charge >= 0.3 is 26.1 Å². The van der Waals surface area contributed by atoms with Gasteiger partial charge in [0, 0.05) is 52.0 Å². The maximum atomic E-state index is 15.7. The van der Waals surface area contributed by atoms with Crippen molar-refractivity contribution in [1.29, 1.82) is 0 Å². The molecule has 9 aromatic rings. The number of ether oxygens (including phenoxy) is 3. The van der Waals surface area contributed by atoms with E-state index in [1.165, 1.54) is 69.4 Å². The minimum Gasteiger partial charge on any atom is -0.441 e. The molecule has 3 aromatic carbocycles. The number of aromatic nitrogens is 15. The first-order valence-corrected chi connectivity index (χ1v) is 26.5. The summed E-state index contributed by atoms with van der Waals surface area (Å²) in [4.78, 5) is 60.0. The molecule has 3 atom stereocenters. The van der Waals surface area contributed by atoms with Gasteiger partial charge in [-0.2, -0.15) is 14.4 Å². The highest BCUT2D eigenvalue weighted by molar-refractivity contribution is 7.48. The number of cyclic esters (lactones) is 3. The third-order valence-electron chi connectivity index (χ3n) is 13.1. The summed E-state index contributed by atoms with van der Waals surface area (Å²) in [5.41, 5.74) is 3.55. The monoisotopic (exact) mass is 1150 g/mol. The second-order valence-corrected chi connectivity index (χ2v) is 20.4. The average molecular weight is 1150 g/mol. The topological polar surface area (TPSA) is 303 Å². The minimum absolute atomic E-state index is 0.137. The van der Waals surface area contributed by atoms with E-state index >= 15 is 13.2 Å². The molecule has 12 rings (SSSR count). The lowest BCUT2D eigenvalue weighted by molar-refractivity contribution is 0.0304. The number of hydrogen-bond acceptors (Lipinski definition) is 22. The lowest BCUT2D eigenvalue weighted by Crippen LogP contribution is -2.28. The fraction of sp³-hybridized carbons (Fsp3) is 0.235. The van der Waals surface area contributed by atoms with Crippen LogP contribution in [-0.2, 0) is 53.5 Å². The number of carbonyl (C=O) groups is 3. The number of pyridine rings is 3. The van der Waals surface area contributed by atoms with Crippen LogP contribution in [0.5, 0.6) is 0 Å². The molecule has 83 heavy (non-hydrogen) atoms. The highest BCUT2D eigenvalue weighted by Gasteiger charge is 2.41. The number of benzene rings is 3. The van der Waals surface area contributed by atoms with Crippen molar-refractivity contribution in [3.05, 3.63) is 127 Å². The van der Waals surface area contributed by atoms with E-state index in [9.17, 15) is 18.9 Å². The summed E-state index contributed by atoms with van der Waals surface area (Å²) >= 11 is 0. The van der Waals surface area contributed by atoms with Crippen LogP contribution in [0.4, 0.5) is 44.6 Å². The van der Waals surface area contributed by atoms with Gasteiger partial charge in [-0.25, -0.2) is 32.1 Å². The smallest absolute Gasteiger partial charge is 0.441 e. The molecule has 0 unspecified atom stereocenters. The molecule has 0 spiro atoms. The van der Waals surface area contributed by atoms with Gasteiger partial charge in [0.05, 0.1) is 77.7 Å². The molecule has 0 aliphatic carbocycles. The van der Waals surface area contributed by atoms with Gasteiger partial charge in [-0.05, 0) is 88.4 Å². The number of nitrogens with zero attached hydrogens (tertiary/aromatic N) is 18. The number of aryl methyl sites for hydroxylation is 3. The van der Waals surface area contributed by atoms with Crippen LogP contribution in [-0.4, -0.2) is 152 Å². The van der Waals surface area contributed by atoms with Crippen LogP contribution in [0.25, 0.3) is 67.9 Å². The summed E-state index contributed by atoms with van der Waals surface area (Å²) in [5, 5.41) is 35.5. The Hall–Kier alpha value is -9.97. The molecule has 9 heterocycles. The van der Waals surface area contributed by atoms with Crippen molar-refractivity contribution in [1.82, 2.24) is 75.6 Å². The van der Waals surface area contributed by atoms with Crippen molar-refractivity contribution in [3.8, 4) is 67.9 Å². The molecule has 422 valence electrons. The van der Waals surface area contributed by atoms with Gasteiger partial charge in [0.2, 0.25) is 17.5 Å². The number of rotatable bonds is 18. The molecule has 3 fully saturated rings. The summed E-state index contributed by atoms with van der Waals surface area (Å²) in [5.74, 6) is -1.17. The van der Waals surface area contributed by atoms with Crippen LogP contribution in [0.2, 0.25) is 0 Å². The molecule has 0 saturated carbocycles. The number of halogens is 3. The number of amides is 3. The highest BCUT2D eigenvalue weighted by atomic mass is 31.2. The fourth-order valence-electron chi connectivity index (χ4n) is 9.03. The van der Waals surface area contributed by atoms with E-state index in [1.54, 1.807) is 57.5 Å². The number of carbonyl (C=O) groups excluding carboxylic acids is 3. The van der Waals surface area contributed by atoms with Crippen LogP contribution < -0.4 is 14.7 Å². The zero-order valence-corrected chi connectivity index (χ0v) is 44.5. The Morgan fingerprint density at radius 3 is 1.01 bits per heavy atom. The molecule has 28 nitrogen and oxygen atoms in total. The Bertz CT molecular complexity index is 3590. The average Bonchev–Trinajstić information content (AvgIpc) is 4.57. The normalized spacial score (nSPS) is 17.2. The predicted octanol–water partition coefficient (Wildman–Crippen LogP) is 6.40. The van der Waals surface area contributed by atoms with Gasteiger partial charge < -0.3 is 14.2 Å². The van der Waals surface area contributed by atoms with E-state index in [0.29, 0.717) is 33.8 Å². The standard InChI is InChI=1S/C51H42F3N18O10P/c1-67-61-46(58-64-67)43-13-4-28(19-55-43)37-10-7-31(16-40(37)52)70-22-34(80-49(70)73)25-77-83(76,78-26-35-23-71(50(74)81-35)32-8-11-38(41(53)17-32)29-5-14-44(56-20-29)47-59-65-68(2)62-47)79-27-36-24-72(51(75)82-36)33-9-12-39(42(54)18-33)30-6-15-45(57-21-30)48-60-66-69(3)63-48/h4-21,34-36H,22-27H2,1-3H3/t34-,35-,36-/m1/s1. The van der Waals surface area contributed by atoms with E-state index in [0.717, 1.165) is 32.9 Å². The van der Waals surface area contributed by atoms with E-state index in [2.05, 4.69) is 61.2 Å². The molecule has 0 radical (unpaired) electrons. The molecule has 3 aliphatic rings. The SMILES string of the molecule is Cn1nnc(-c2ccc(-c3ccc(N4C[C@H](COP(=O)(OC[C@H]5CN(c6ccc(-c7ccc(-c8nnn(C)n8)nc7)c(F)c6)C(=O)O5)OC[C@H]5CN(c6ccc(-c7ccc(-c8nnn(C)n8)nc7)c(F)c6)C(=O)O5)OC4=O)cc3F)cn2)n1. The third kappa shape index (κ3) is 11.4. The zero-order valence-electron chi connectivity index (χ0n) is 43.6. The van der Waals surface area contributed by atoms with Crippen molar-refractivity contribution in [2.24, 2.45) is 21.1 Å². The Kier molecular flexibility index (Phi) is 14.3. The molecule has 3 amide bonds. The maximum Gasteiger partial charge on any atom is 0.475 e. The third-order valence-corrected chi connectivity index (χ3v) is 14.5. The van der Waals surface area contributed by atoms with Gasteiger partial charge in [0.25, 0.3) is 0 Å². The molecule has 6 aromatic heterocycles. The first-order valence-electron chi connectivity index (χ1n) is 25.1. The second-order valence-electron chi connectivity index (χ2n) is 18.8. The molecule has 0 bridgehead atoms. The van der Waals surface area contributed by atoms with Crippen LogP contribution in [0, 0.1) is 17.5 Å². The van der Waals surface area contributed by atoms with E-state index in [1.807, 2.05) is 0 Å². The van der Waals surface area contributed by atoms with Crippen molar-refractivity contribution < 1.29 is 59.9 Å². The van der Waals surface area contributed by atoms with Crippen LogP contribution in [0.1, 0.15) is 0 Å². The first-order chi connectivity index (χ1) is 40.1. The van der Waals surface area contributed by atoms with Gasteiger partial charge in [0.1, 0.15) is 52.8 Å². The first kappa shape index (κ1) is 53.7. The summed E-state index contributed by atoms with van der Waals surface area (Å²) in [6, 6.07) is 22.1. The fourth-order valence-corrected chi connectivity index (χ4v) is 10.3. The lowest BCUT2D eigenvalue weighted by Gasteiger charge is -2.21. The zero-order chi connectivity index (χ0) is 57.5. The van der Waals surface area contributed by atoms with Gasteiger partial charge in [0.15, 0.2) is 0 Å². The minimum atomic E-state index is -4.79.